The van der Waals surface area contributed by atoms with E-state index < -0.39 is 15.6 Å². The lowest BCUT2D eigenvalue weighted by Gasteiger charge is -2.10. The van der Waals surface area contributed by atoms with Gasteiger partial charge in [-0.25, -0.2) is 9.13 Å². The number of hydrogen-bond donors (Lipinski definition) is 3. The third-order valence-electron chi connectivity index (χ3n) is 1.60. The Bertz CT molecular complexity index is 392. The summed E-state index contributed by atoms with van der Waals surface area (Å²) in [5.74, 6) is 0. The molecular formula is C9H18O7P2. The molecule has 0 amide bonds. The fourth-order valence-corrected chi connectivity index (χ4v) is 2.49. The first-order valence-electron chi connectivity index (χ1n) is 5.15. The highest BCUT2D eigenvalue weighted by molar-refractivity contribution is 7.60. The molecule has 1 atom stereocenters. The van der Waals surface area contributed by atoms with E-state index in [2.05, 4.69) is 8.83 Å². The molecule has 106 valence electrons. The Morgan fingerprint density at radius 1 is 1.11 bits per heavy atom. The summed E-state index contributed by atoms with van der Waals surface area (Å²) in [6, 6.07) is 0. The lowest BCUT2D eigenvalue weighted by atomic mass is 10.2. The van der Waals surface area contributed by atoms with Crippen LogP contribution in [0.5, 0.6) is 0 Å². The van der Waals surface area contributed by atoms with E-state index in [1.54, 1.807) is 6.08 Å². The van der Waals surface area contributed by atoms with Gasteiger partial charge in [0.1, 0.15) is 0 Å². The molecule has 0 bridgehead atoms. The second kappa shape index (κ2) is 8.02. The Labute approximate surface area is 106 Å². The molecule has 7 nitrogen and oxygen atoms in total. The van der Waals surface area contributed by atoms with Gasteiger partial charge in [0.15, 0.2) is 0 Å². The minimum Gasteiger partial charge on any atom is -0.302 e. The summed E-state index contributed by atoms with van der Waals surface area (Å²) < 4.78 is 29.2. The van der Waals surface area contributed by atoms with Gasteiger partial charge in [-0.2, -0.15) is 4.31 Å². The average molecular weight is 300 g/mol. The standard InChI is InChI=1S/C9H18O7P2/c1-9(2)7-5-3-4-6-8-15-18(13,14)16-17(10,11)12/h4,6-7H,3,5,8H2,1-2H3,(H,13,14)(H2,10,11,12). The van der Waals surface area contributed by atoms with Crippen LogP contribution in [0.1, 0.15) is 26.7 Å². The van der Waals surface area contributed by atoms with Crippen molar-refractivity contribution in [3.05, 3.63) is 23.8 Å². The van der Waals surface area contributed by atoms with Gasteiger partial charge in [0, 0.05) is 0 Å². The van der Waals surface area contributed by atoms with Crippen molar-refractivity contribution in [3.8, 4) is 0 Å². The van der Waals surface area contributed by atoms with Crippen LogP contribution in [0.3, 0.4) is 0 Å². The first kappa shape index (κ1) is 17.7. The smallest absolute Gasteiger partial charge is 0.302 e. The first-order valence-corrected chi connectivity index (χ1v) is 8.17. The van der Waals surface area contributed by atoms with Gasteiger partial charge in [-0.05, 0) is 26.7 Å². The third kappa shape index (κ3) is 12.2. The zero-order chi connectivity index (χ0) is 14.2. The second-order valence-electron chi connectivity index (χ2n) is 3.67. The maximum atomic E-state index is 11.0. The van der Waals surface area contributed by atoms with Gasteiger partial charge in [-0.15, -0.1) is 0 Å². The highest BCUT2D eigenvalue weighted by Crippen LogP contribution is 2.57. The van der Waals surface area contributed by atoms with Crippen LogP contribution in [0.2, 0.25) is 0 Å². The van der Waals surface area contributed by atoms with E-state index in [0.29, 0.717) is 0 Å². The second-order valence-corrected chi connectivity index (χ2v) is 6.50. The Kier molecular flexibility index (Phi) is 7.90. The monoisotopic (exact) mass is 300 g/mol. The van der Waals surface area contributed by atoms with Gasteiger partial charge < -0.3 is 14.7 Å². The van der Waals surface area contributed by atoms with Crippen molar-refractivity contribution >= 4 is 15.6 Å². The Morgan fingerprint density at radius 3 is 2.22 bits per heavy atom. The van der Waals surface area contributed by atoms with Crippen LogP contribution in [-0.4, -0.2) is 21.3 Å². The molecule has 0 aliphatic carbocycles. The molecule has 0 fully saturated rings. The fraction of sp³-hybridized carbons (Fsp3) is 0.556. The van der Waals surface area contributed by atoms with E-state index in [9.17, 15) is 9.13 Å². The van der Waals surface area contributed by atoms with Crippen molar-refractivity contribution in [1.29, 1.82) is 0 Å². The molecule has 0 saturated heterocycles. The number of unbranched alkanes of at least 4 members (excludes halogenated alkanes) is 1. The van der Waals surface area contributed by atoms with Gasteiger partial charge in [-0.3, -0.25) is 4.52 Å². The van der Waals surface area contributed by atoms with Crippen molar-refractivity contribution in [3.63, 3.8) is 0 Å². The molecule has 1 unspecified atom stereocenters. The van der Waals surface area contributed by atoms with Crippen LogP contribution in [0.4, 0.5) is 0 Å². The molecule has 0 rings (SSSR count). The molecule has 9 heteroatoms. The number of rotatable bonds is 8. The number of allylic oxidation sites excluding steroid dienone is 3. The fourth-order valence-electron chi connectivity index (χ4n) is 0.949. The zero-order valence-corrected chi connectivity index (χ0v) is 12.0. The van der Waals surface area contributed by atoms with Crippen molar-refractivity contribution < 1.29 is 32.6 Å². The molecule has 3 N–H and O–H groups in total. The van der Waals surface area contributed by atoms with Gasteiger partial charge in [0.05, 0.1) is 6.61 Å². The van der Waals surface area contributed by atoms with Crippen molar-refractivity contribution in [2.45, 2.75) is 26.7 Å². The predicted octanol–water partition coefficient (Wildman–Crippen LogP) is 2.52. The van der Waals surface area contributed by atoms with Crippen molar-refractivity contribution in [1.82, 2.24) is 0 Å². The quantitative estimate of drug-likeness (QED) is 0.358. The minimum absolute atomic E-state index is 0.261. The van der Waals surface area contributed by atoms with Crippen LogP contribution in [-0.2, 0) is 18.0 Å². The SMILES string of the molecule is CC(C)=CCCC=CCOP(=O)(O)OP(=O)(O)O. The molecule has 0 aromatic carbocycles. The third-order valence-corrected chi connectivity index (χ3v) is 3.75. The van der Waals surface area contributed by atoms with E-state index in [0.717, 1.165) is 12.8 Å². The van der Waals surface area contributed by atoms with Gasteiger partial charge in [0.2, 0.25) is 0 Å². The molecule has 0 aromatic heterocycles. The van der Waals surface area contributed by atoms with Crippen LogP contribution in [0.25, 0.3) is 0 Å². The number of phosphoric acid groups is 2. The Hall–Kier alpha value is -0.260. The Balaban J connectivity index is 3.90. The zero-order valence-electron chi connectivity index (χ0n) is 10.2. The van der Waals surface area contributed by atoms with Gasteiger partial charge in [0.25, 0.3) is 0 Å². The van der Waals surface area contributed by atoms with Gasteiger partial charge >= 0.3 is 15.6 Å². The predicted molar refractivity (Wildman–Crippen MR) is 66.7 cm³/mol. The molecule has 0 saturated carbocycles. The summed E-state index contributed by atoms with van der Waals surface area (Å²) in [6.45, 7) is 3.70. The highest BCUT2D eigenvalue weighted by atomic mass is 31.3. The number of phosphoric ester groups is 1. The summed E-state index contributed by atoms with van der Waals surface area (Å²) in [5.41, 5.74) is 1.20. The summed E-state index contributed by atoms with van der Waals surface area (Å²) >= 11 is 0. The Morgan fingerprint density at radius 2 is 1.72 bits per heavy atom. The molecule has 0 heterocycles. The lowest BCUT2D eigenvalue weighted by Crippen LogP contribution is -1.93. The molecule has 0 radical (unpaired) electrons. The summed E-state index contributed by atoms with van der Waals surface area (Å²) in [4.78, 5) is 25.6. The molecule has 18 heavy (non-hydrogen) atoms. The molecule has 0 aliphatic rings. The molecule has 0 aliphatic heterocycles. The normalized spacial score (nSPS) is 15.6. The molecular weight excluding hydrogens is 282 g/mol. The summed E-state index contributed by atoms with van der Waals surface area (Å²) in [7, 11) is -9.75. The largest absolute Gasteiger partial charge is 0.481 e. The van der Waals surface area contributed by atoms with E-state index in [1.165, 1.54) is 11.6 Å². The maximum Gasteiger partial charge on any atom is 0.481 e. The van der Waals surface area contributed by atoms with Crippen LogP contribution < -0.4 is 0 Å². The molecule has 0 aromatic rings. The van der Waals surface area contributed by atoms with Crippen LogP contribution >= 0.6 is 15.6 Å². The molecule has 0 spiro atoms. The van der Waals surface area contributed by atoms with Crippen molar-refractivity contribution in [2.75, 3.05) is 6.61 Å². The number of hydrogen-bond acceptors (Lipinski definition) is 4. The van der Waals surface area contributed by atoms with Crippen LogP contribution in [0, 0.1) is 0 Å². The summed E-state index contributed by atoms with van der Waals surface area (Å²) in [6.07, 6.45) is 6.83. The minimum atomic E-state index is -5.03. The summed E-state index contributed by atoms with van der Waals surface area (Å²) in [5, 5.41) is 0. The maximum absolute atomic E-state index is 11.0. The van der Waals surface area contributed by atoms with E-state index >= 15 is 0 Å². The van der Waals surface area contributed by atoms with Crippen molar-refractivity contribution in [2.24, 2.45) is 0 Å². The highest BCUT2D eigenvalue weighted by Gasteiger charge is 2.31. The van der Waals surface area contributed by atoms with Gasteiger partial charge in [-0.1, -0.05) is 23.8 Å². The van der Waals surface area contributed by atoms with Crippen LogP contribution in [0.15, 0.2) is 23.8 Å². The van der Waals surface area contributed by atoms with E-state index in [4.69, 9.17) is 14.7 Å². The van der Waals surface area contributed by atoms with E-state index in [1.807, 2.05) is 19.9 Å². The topological polar surface area (TPSA) is 113 Å². The first-order chi connectivity index (χ1) is 8.12. The van der Waals surface area contributed by atoms with E-state index in [-0.39, 0.29) is 6.61 Å². The average Bonchev–Trinajstić information content (AvgIpc) is 2.11. The lowest BCUT2D eigenvalue weighted by molar-refractivity contribution is 0.191.